The van der Waals surface area contributed by atoms with Crippen LogP contribution in [0.3, 0.4) is 0 Å². The molecule has 0 aliphatic carbocycles. The van der Waals surface area contributed by atoms with E-state index in [1.165, 1.54) is 4.90 Å². The van der Waals surface area contributed by atoms with Crippen LogP contribution in [0, 0.1) is 0 Å². The molecule has 0 spiro atoms. The molecule has 1 atom stereocenters. The molecule has 2 aromatic carbocycles. The third-order valence-electron chi connectivity index (χ3n) is 5.49. The lowest BCUT2D eigenvalue weighted by Gasteiger charge is -2.25. The number of Topliss-reactive ketones (excluding diaryl/α,β-unsaturated/α-hetero) is 1. The predicted octanol–water partition coefficient (Wildman–Crippen LogP) is 4.11. The van der Waals surface area contributed by atoms with Gasteiger partial charge in [-0.15, -0.1) is 0 Å². The van der Waals surface area contributed by atoms with Gasteiger partial charge in [0.05, 0.1) is 25.3 Å². The first kappa shape index (κ1) is 22.1. The van der Waals surface area contributed by atoms with Gasteiger partial charge in [0.2, 0.25) is 0 Å². The van der Waals surface area contributed by atoms with Gasteiger partial charge in [0.15, 0.2) is 0 Å². The number of aliphatic hydroxyl groups is 1. The number of amides is 1. The Kier molecular flexibility index (Phi) is 6.40. The summed E-state index contributed by atoms with van der Waals surface area (Å²) in [6.45, 7) is 2.57. The van der Waals surface area contributed by atoms with Crippen molar-refractivity contribution in [2.24, 2.45) is 0 Å². The van der Waals surface area contributed by atoms with Crippen LogP contribution in [0.1, 0.15) is 29.7 Å². The van der Waals surface area contributed by atoms with E-state index in [-0.39, 0.29) is 17.9 Å². The highest BCUT2D eigenvalue weighted by atomic mass is 16.5. The number of aromatic nitrogens is 1. The van der Waals surface area contributed by atoms with Crippen LogP contribution in [0.15, 0.2) is 78.6 Å². The van der Waals surface area contributed by atoms with E-state index in [2.05, 4.69) is 4.98 Å². The topological polar surface area (TPSA) is 89.0 Å². The number of rotatable bonds is 7. The SMILES string of the molecule is CCOc1ccc(/C(O)=C2\C(=O)C(=O)N(Cc3cccnc3)C2c2ccc(OC)cc2)cc1. The molecule has 1 amide bonds. The molecule has 4 rings (SSSR count). The van der Waals surface area contributed by atoms with E-state index in [4.69, 9.17) is 9.47 Å². The van der Waals surface area contributed by atoms with Gasteiger partial charge < -0.3 is 19.5 Å². The smallest absolute Gasteiger partial charge is 0.295 e. The van der Waals surface area contributed by atoms with Gasteiger partial charge in [-0.25, -0.2) is 0 Å². The van der Waals surface area contributed by atoms with Crippen LogP contribution in [0.25, 0.3) is 5.76 Å². The lowest BCUT2D eigenvalue weighted by atomic mass is 9.95. The molecular formula is C26H24N2O5. The van der Waals surface area contributed by atoms with Gasteiger partial charge in [-0.05, 0) is 60.5 Å². The molecule has 1 aliphatic heterocycles. The van der Waals surface area contributed by atoms with E-state index < -0.39 is 17.7 Å². The van der Waals surface area contributed by atoms with Crippen molar-refractivity contribution in [3.63, 3.8) is 0 Å². The summed E-state index contributed by atoms with van der Waals surface area (Å²) in [6.07, 6.45) is 3.29. The van der Waals surface area contributed by atoms with Crippen LogP contribution < -0.4 is 9.47 Å². The Morgan fingerprint density at radius 3 is 2.33 bits per heavy atom. The fraction of sp³-hybridized carbons (Fsp3) is 0.192. The summed E-state index contributed by atoms with van der Waals surface area (Å²) < 4.78 is 10.7. The van der Waals surface area contributed by atoms with Crippen molar-refractivity contribution in [1.29, 1.82) is 0 Å². The van der Waals surface area contributed by atoms with Gasteiger partial charge in [-0.1, -0.05) is 18.2 Å². The number of hydrogen-bond donors (Lipinski definition) is 1. The fourth-order valence-electron chi connectivity index (χ4n) is 3.90. The van der Waals surface area contributed by atoms with Gasteiger partial charge in [-0.2, -0.15) is 0 Å². The first-order valence-electron chi connectivity index (χ1n) is 10.6. The highest BCUT2D eigenvalue weighted by Gasteiger charge is 2.46. The molecule has 2 heterocycles. The second-order valence-electron chi connectivity index (χ2n) is 7.52. The number of hydrogen-bond acceptors (Lipinski definition) is 6. The van der Waals surface area contributed by atoms with Crippen LogP contribution in [0.4, 0.5) is 0 Å². The molecule has 168 valence electrons. The van der Waals surface area contributed by atoms with E-state index in [0.717, 1.165) is 5.56 Å². The molecule has 7 heteroatoms. The number of nitrogens with zero attached hydrogens (tertiary/aromatic N) is 2. The number of ether oxygens (including phenoxy) is 2. The molecule has 0 bridgehead atoms. The van der Waals surface area contributed by atoms with E-state index >= 15 is 0 Å². The molecule has 0 saturated carbocycles. The molecule has 33 heavy (non-hydrogen) atoms. The van der Waals surface area contributed by atoms with Crippen molar-refractivity contribution in [2.45, 2.75) is 19.5 Å². The number of carbonyl (C=O) groups excluding carboxylic acids is 2. The Labute approximate surface area is 191 Å². The molecular weight excluding hydrogens is 420 g/mol. The fourth-order valence-corrected chi connectivity index (χ4v) is 3.90. The van der Waals surface area contributed by atoms with E-state index in [1.807, 2.05) is 13.0 Å². The van der Waals surface area contributed by atoms with Gasteiger partial charge >= 0.3 is 0 Å². The molecule has 1 N–H and O–H groups in total. The van der Waals surface area contributed by atoms with Crippen LogP contribution in [-0.4, -0.2) is 40.4 Å². The van der Waals surface area contributed by atoms with Gasteiger partial charge in [0, 0.05) is 24.5 Å². The summed E-state index contributed by atoms with van der Waals surface area (Å²) in [5, 5.41) is 11.1. The largest absolute Gasteiger partial charge is 0.507 e. The number of methoxy groups -OCH3 is 1. The highest BCUT2D eigenvalue weighted by Crippen LogP contribution is 2.40. The second kappa shape index (κ2) is 9.56. The first-order chi connectivity index (χ1) is 16.0. The summed E-state index contributed by atoms with van der Waals surface area (Å²) in [7, 11) is 1.56. The predicted molar refractivity (Wildman–Crippen MR) is 123 cm³/mol. The van der Waals surface area contributed by atoms with Crippen molar-refractivity contribution in [3.05, 3.63) is 95.3 Å². The Morgan fingerprint density at radius 1 is 1.03 bits per heavy atom. The molecule has 1 unspecified atom stereocenters. The quantitative estimate of drug-likeness (QED) is 0.335. The van der Waals surface area contributed by atoms with Crippen molar-refractivity contribution >= 4 is 17.4 Å². The average molecular weight is 444 g/mol. The lowest BCUT2D eigenvalue weighted by Crippen LogP contribution is -2.29. The monoisotopic (exact) mass is 444 g/mol. The van der Waals surface area contributed by atoms with Gasteiger partial charge in [-0.3, -0.25) is 14.6 Å². The van der Waals surface area contributed by atoms with Gasteiger partial charge in [0.25, 0.3) is 11.7 Å². The number of aliphatic hydroxyl groups excluding tert-OH is 1. The number of benzene rings is 2. The lowest BCUT2D eigenvalue weighted by molar-refractivity contribution is -0.140. The van der Waals surface area contributed by atoms with Gasteiger partial charge in [0.1, 0.15) is 17.3 Å². The Hall–Kier alpha value is -4.13. The maximum absolute atomic E-state index is 13.1. The Morgan fingerprint density at radius 2 is 1.73 bits per heavy atom. The Bertz CT molecular complexity index is 1170. The number of likely N-dealkylation sites (tertiary alicyclic amines) is 1. The summed E-state index contributed by atoms with van der Waals surface area (Å²) in [5.74, 6) is -0.337. The zero-order chi connectivity index (χ0) is 23.4. The zero-order valence-electron chi connectivity index (χ0n) is 18.4. The third-order valence-corrected chi connectivity index (χ3v) is 5.49. The summed E-state index contributed by atoms with van der Waals surface area (Å²) in [6, 6.07) is 16.7. The molecule has 1 aromatic heterocycles. The molecule has 7 nitrogen and oxygen atoms in total. The van der Waals surface area contributed by atoms with Crippen molar-refractivity contribution < 1.29 is 24.2 Å². The number of pyridine rings is 1. The van der Waals surface area contributed by atoms with Crippen LogP contribution in [0.2, 0.25) is 0 Å². The zero-order valence-corrected chi connectivity index (χ0v) is 18.4. The molecule has 1 aliphatic rings. The molecule has 3 aromatic rings. The molecule has 1 fully saturated rings. The minimum absolute atomic E-state index is 0.0400. The summed E-state index contributed by atoms with van der Waals surface area (Å²) >= 11 is 0. The standard InChI is InChI=1S/C26H24N2O5/c1-3-33-21-12-8-19(9-13-21)24(29)22-23(18-6-10-20(32-2)11-7-18)28(26(31)25(22)30)16-17-5-4-14-27-15-17/h4-15,23,29H,3,16H2,1-2H3/b24-22+. The third kappa shape index (κ3) is 4.43. The van der Waals surface area contributed by atoms with E-state index in [9.17, 15) is 14.7 Å². The van der Waals surface area contributed by atoms with Crippen LogP contribution >= 0.6 is 0 Å². The number of ketones is 1. The summed E-state index contributed by atoms with van der Waals surface area (Å²) in [5.41, 5.74) is 1.93. The summed E-state index contributed by atoms with van der Waals surface area (Å²) in [4.78, 5) is 31.8. The Balaban J connectivity index is 1.81. The normalized spacial score (nSPS) is 17.3. The number of carbonyl (C=O) groups is 2. The van der Waals surface area contributed by atoms with E-state index in [1.54, 1.807) is 74.1 Å². The second-order valence-corrected chi connectivity index (χ2v) is 7.52. The van der Waals surface area contributed by atoms with Crippen molar-refractivity contribution in [3.8, 4) is 11.5 Å². The first-order valence-corrected chi connectivity index (χ1v) is 10.6. The van der Waals surface area contributed by atoms with E-state index in [0.29, 0.717) is 29.2 Å². The highest BCUT2D eigenvalue weighted by molar-refractivity contribution is 6.46. The van der Waals surface area contributed by atoms with Crippen molar-refractivity contribution in [1.82, 2.24) is 9.88 Å². The minimum atomic E-state index is -0.761. The van der Waals surface area contributed by atoms with Crippen LogP contribution in [0.5, 0.6) is 11.5 Å². The molecule has 0 radical (unpaired) electrons. The van der Waals surface area contributed by atoms with Crippen molar-refractivity contribution in [2.75, 3.05) is 13.7 Å². The average Bonchev–Trinajstić information content (AvgIpc) is 3.10. The molecule has 1 saturated heterocycles. The minimum Gasteiger partial charge on any atom is -0.507 e. The van der Waals surface area contributed by atoms with Crippen LogP contribution in [-0.2, 0) is 16.1 Å². The maximum atomic E-state index is 13.1. The maximum Gasteiger partial charge on any atom is 0.295 e.